The summed E-state index contributed by atoms with van der Waals surface area (Å²) in [5, 5.41) is 7.64. The SMILES string of the molecule is COc1ccc(C(=O)OC(C)C(=O)Nc2ccc(S(=O)(=O)NC(C)C)cc2)cc1S(N)(=O)=O. The number of nitrogens with two attached hydrogens (primary N) is 1. The van der Waals surface area contributed by atoms with Crippen LogP contribution in [0.15, 0.2) is 52.3 Å². The molecule has 0 saturated carbocycles. The van der Waals surface area contributed by atoms with E-state index in [2.05, 4.69) is 10.0 Å². The molecule has 0 aromatic heterocycles. The van der Waals surface area contributed by atoms with Gasteiger partial charge in [0.1, 0.15) is 10.6 Å². The number of methoxy groups -OCH3 is 1. The number of benzene rings is 2. The fraction of sp³-hybridized carbons (Fsp3) is 0.300. The van der Waals surface area contributed by atoms with Gasteiger partial charge < -0.3 is 14.8 Å². The standard InChI is InChI=1S/C20H25N3O8S2/c1-12(2)23-33(28,29)16-8-6-15(7-9-16)22-19(24)13(3)31-20(25)14-5-10-17(30-4)18(11-14)32(21,26)27/h5-13,23H,1-4H3,(H,22,24)(H2,21,26,27). The van der Waals surface area contributed by atoms with E-state index in [1.54, 1.807) is 13.8 Å². The van der Waals surface area contributed by atoms with E-state index in [-0.39, 0.29) is 27.9 Å². The minimum atomic E-state index is -4.17. The predicted octanol–water partition coefficient (Wildman–Crippen LogP) is 1.21. The lowest BCUT2D eigenvalue weighted by Gasteiger charge is -2.15. The van der Waals surface area contributed by atoms with Gasteiger partial charge in [0.15, 0.2) is 6.10 Å². The van der Waals surface area contributed by atoms with Crippen LogP contribution in [0.2, 0.25) is 0 Å². The Morgan fingerprint density at radius 1 is 0.970 bits per heavy atom. The minimum absolute atomic E-state index is 0.0267. The molecule has 0 spiro atoms. The number of hydrogen-bond acceptors (Lipinski definition) is 8. The van der Waals surface area contributed by atoms with Gasteiger partial charge in [-0.3, -0.25) is 4.79 Å². The van der Waals surface area contributed by atoms with E-state index in [1.165, 1.54) is 50.4 Å². The summed E-state index contributed by atoms with van der Waals surface area (Å²) in [5.74, 6) is -1.68. The van der Waals surface area contributed by atoms with Crippen molar-refractivity contribution in [3.63, 3.8) is 0 Å². The summed E-state index contributed by atoms with van der Waals surface area (Å²) in [4.78, 5) is 24.4. The molecule has 1 amide bonds. The lowest BCUT2D eigenvalue weighted by Crippen LogP contribution is -2.31. The zero-order chi connectivity index (χ0) is 25.0. The number of anilines is 1. The fourth-order valence-corrected chi connectivity index (χ4v) is 4.62. The van der Waals surface area contributed by atoms with Crippen LogP contribution < -0.4 is 19.9 Å². The van der Waals surface area contributed by atoms with Crippen LogP contribution >= 0.6 is 0 Å². The maximum atomic E-state index is 12.4. The number of sulfonamides is 2. The molecule has 0 aliphatic heterocycles. The van der Waals surface area contributed by atoms with Gasteiger partial charge in [-0.2, -0.15) is 0 Å². The lowest BCUT2D eigenvalue weighted by atomic mass is 10.2. The number of carbonyl (C=O) groups excluding carboxylic acids is 2. The molecule has 1 atom stereocenters. The molecular formula is C20H25N3O8S2. The summed E-state index contributed by atoms with van der Waals surface area (Å²) in [5.41, 5.74) is 0.138. The molecule has 13 heteroatoms. The normalized spacial score (nSPS) is 12.8. The topological polar surface area (TPSA) is 171 Å². The Bertz CT molecular complexity index is 1240. The molecule has 0 aliphatic rings. The molecule has 2 rings (SSSR count). The largest absolute Gasteiger partial charge is 0.495 e. The van der Waals surface area contributed by atoms with Crippen molar-refractivity contribution >= 4 is 37.6 Å². The Morgan fingerprint density at radius 3 is 2.09 bits per heavy atom. The van der Waals surface area contributed by atoms with E-state index in [4.69, 9.17) is 14.6 Å². The van der Waals surface area contributed by atoms with Crippen LogP contribution in [0.4, 0.5) is 5.69 Å². The van der Waals surface area contributed by atoms with Crippen LogP contribution in [0.25, 0.3) is 0 Å². The second-order valence-electron chi connectivity index (χ2n) is 7.25. The Hall–Kier alpha value is -3.00. The van der Waals surface area contributed by atoms with E-state index >= 15 is 0 Å². The van der Waals surface area contributed by atoms with Crippen LogP contribution in [0.1, 0.15) is 31.1 Å². The molecule has 0 saturated heterocycles. The first-order valence-electron chi connectivity index (χ1n) is 9.59. The minimum Gasteiger partial charge on any atom is -0.495 e. The maximum absolute atomic E-state index is 12.4. The molecule has 0 bridgehead atoms. The van der Waals surface area contributed by atoms with Crippen molar-refractivity contribution in [3.8, 4) is 5.75 Å². The van der Waals surface area contributed by atoms with E-state index in [0.717, 1.165) is 6.07 Å². The second kappa shape index (κ2) is 10.3. The molecule has 11 nitrogen and oxygen atoms in total. The molecule has 180 valence electrons. The number of amides is 1. The van der Waals surface area contributed by atoms with Gasteiger partial charge in [0.25, 0.3) is 5.91 Å². The van der Waals surface area contributed by atoms with E-state index in [1.807, 2.05) is 0 Å². The maximum Gasteiger partial charge on any atom is 0.338 e. The summed E-state index contributed by atoms with van der Waals surface area (Å²) in [6, 6.07) is 8.65. The molecule has 4 N–H and O–H groups in total. The van der Waals surface area contributed by atoms with Crippen LogP contribution in [0, 0.1) is 0 Å². The van der Waals surface area contributed by atoms with Crippen molar-refractivity contribution in [2.24, 2.45) is 5.14 Å². The molecule has 0 heterocycles. The number of primary sulfonamides is 1. The van der Waals surface area contributed by atoms with Gasteiger partial charge in [-0.25, -0.2) is 31.5 Å². The monoisotopic (exact) mass is 499 g/mol. The van der Waals surface area contributed by atoms with Crippen LogP contribution in [0.3, 0.4) is 0 Å². The van der Waals surface area contributed by atoms with Crippen molar-refractivity contribution in [2.75, 3.05) is 12.4 Å². The molecular weight excluding hydrogens is 474 g/mol. The van der Waals surface area contributed by atoms with Crippen molar-refractivity contribution in [1.29, 1.82) is 0 Å². The zero-order valence-electron chi connectivity index (χ0n) is 18.4. The van der Waals surface area contributed by atoms with Crippen molar-refractivity contribution in [1.82, 2.24) is 4.72 Å². The van der Waals surface area contributed by atoms with Gasteiger partial charge in [0.2, 0.25) is 20.0 Å². The third kappa shape index (κ3) is 6.99. The Labute approximate surface area is 192 Å². The summed E-state index contributed by atoms with van der Waals surface area (Å²) in [7, 11) is -6.60. The van der Waals surface area contributed by atoms with Crippen molar-refractivity contribution in [3.05, 3.63) is 48.0 Å². The van der Waals surface area contributed by atoms with Gasteiger partial charge >= 0.3 is 5.97 Å². The van der Waals surface area contributed by atoms with Gasteiger partial charge in [-0.15, -0.1) is 0 Å². The fourth-order valence-electron chi connectivity index (χ4n) is 2.65. The number of esters is 1. The first-order valence-corrected chi connectivity index (χ1v) is 12.6. The average Bonchev–Trinajstić information content (AvgIpc) is 2.72. The predicted molar refractivity (Wildman–Crippen MR) is 120 cm³/mol. The second-order valence-corrected chi connectivity index (χ2v) is 10.5. The van der Waals surface area contributed by atoms with Gasteiger partial charge in [0, 0.05) is 11.7 Å². The highest BCUT2D eigenvalue weighted by Gasteiger charge is 2.23. The van der Waals surface area contributed by atoms with E-state index in [0.29, 0.717) is 0 Å². The first kappa shape index (κ1) is 26.3. The number of rotatable bonds is 9. The molecule has 0 fully saturated rings. The zero-order valence-corrected chi connectivity index (χ0v) is 20.0. The lowest BCUT2D eigenvalue weighted by molar-refractivity contribution is -0.123. The van der Waals surface area contributed by atoms with Crippen LogP contribution in [-0.2, 0) is 29.6 Å². The molecule has 1 unspecified atom stereocenters. The molecule has 33 heavy (non-hydrogen) atoms. The van der Waals surface area contributed by atoms with Crippen molar-refractivity contribution < 1.29 is 35.9 Å². The van der Waals surface area contributed by atoms with Crippen molar-refractivity contribution in [2.45, 2.75) is 42.7 Å². The van der Waals surface area contributed by atoms with Gasteiger partial charge in [-0.05, 0) is 63.2 Å². The van der Waals surface area contributed by atoms with Gasteiger partial charge in [0.05, 0.1) is 17.6 Å². The third-order valence-corrected chi connectivity index (χ3v) is 6.79. The first-order chi connectivity index (χ1) is 15.2. The quantitative estimate of drug-likeness (QED) is 0.432. The van der Waals surface area contributed by atoms with Crippen LogP contribution in [0.5, 0.6) is 5.75 Å². The van der Waals surface area contributed by atoms with Gasteiger partial charge in [-0.1, -0.05) is 0 Å². The average molecular weight is 500 g/mol. The summed E-state index contributed by atoms with van der Waals surface area (Å²) in [6.45, 7) is 4.70. The molecule has 2 aromatic rings. The van der Waals surface area contributed by atoms with E-state index < -0.39 is 42.9 Å². The molecule has 0 radical (unpaired) electrons. The summed E-state index contributed by atoms with van der Waals surface area (Å²) < 4.78 is 60.2. The Kier molecular flexibility index (Phi) is 8.19. The highest BCUT2D eigenvalue weighted by atomic mass is 32.2. The number of ether oxygens (including phenoxy) is 2. The number of carbonyl (C=O) groups is 2. The third-order valence-electron chi connectivity index (χ3n) is 4.18. The molecule has 0 aliphatic carbocycles. The summed E-state index contributed by atoms with van der Waals surface area (Å²) >= 11 is 0. The Balaban J connectivity index is 2.08. The summed E-state index contributed by atoms with van der Waals surface area (Å²) in [6.07, 6.45) is -1.25. The Morgan fingerprint density at radius 2 is 1.58 bits per heavy atom. The molecule has 2 aromatic carbocycles. The highest BCUT2D eigenvalue weighted by molar-refractivity contribution is 7.89. The smallest absolute Gasteiger partial charge is 0.338 e. The highest BCUT2D eigenvalue weighted by Crippen LogP contribution is 2.24. The number of hydrogen-bond donors (Lipinski definition) is 3. The van der Waals surface area contributed by atoms with E-state index in [9.17, 15) is 26.4 Å². The van der Waals surface area contributed by atoms with Crippen LogP contribution in [-0.4, -0.2) is 48.0 Å². The number of nitrogens with one attached hydrogen (secondary N) is 2.